The molecule has 0 saturated heterocycles. The van der Waals surface area contributed by atoms with Gasteiger partial charge in [-0.25, -0.2) is 4.79 Å². The van der Waals surface area contributed by atoms with Crippen molar-refractivity contribution in [1.29, 1.82) is 0 Å². The number of nitrogens with zero attached hydrogens (tertiary/aromatic N) is 3. The molecule has 0 amide bonds. The van der Waals surface area contributed by atoms with E-state index in [1.165, 1.54) is 13.2 Å². The lowest BCUT2D eigenvalue weighted by Crippen LogP contribution is -2.32. The van der Waals surface area contributed by atoms with Crippen molar-refractivity contribution < 1.29 is 23.9 Å². The highest BCUT2D eigenvalue weighted by molar-refractivity contribution is 6.31. The Kier molecular flexibility index (Phi) is 5.04. The Hall–Kier alpha value is -3.13. The summed E-state index contributed by atoms with van der Waals surface area (Å²) in [5.74, 6) is 0.373. The summed E-state index contributed by atoms with van der Waals surface area (Å²) >= 11 is 5.92. The number of methoxy groups -OCH3 is 1. The van der Waals surface area contributed by atoms with E-state index in [9.17, 15) is 10.0 Å². The molecule has 1 heterocycles. The first-order chi connectivity index (χ1) is 12.5. The third-order valence-electron chi connectivity index (χ3n) is 3.41. The molecule has 0 radical (unpaired) electrons. The fraction of sp³-hybridized carbons (Fsp3) is 0.176. The maximum absolute atomic E-state index is 11.9. The number of ether oxygens (including phenoxy) is 3. The number of rotatable bonds is 5. The van der Waals surface area contributed by atoms with Gasteiger partial charge in [-0.05, 0) is 48.2 Å². The molecule has 0 bridgehead atoms. The lowest BCUT2D eigenvalue weighted by Gasteiger charge is -2.12. The van der Waals surface area contributed by atoms with Gasteiger partial charge >= 0.3 is 12.0 Å². The van der Waals surface area contributed by atoms with Crippen LogP contribution in [0.5, 0.6) is 17.5 Å². The molecule has 3 rings (SSSR count). The topological polar surface area (TPSA) is 97.5 Å². The molecule has 26 heavy (non-hydrogen) atoms. The minimum atomic E-state index is -0.736. The highest BCUT2D eigenvalue weighted by Gasteiger charge is 2.15. The summed E-state index contributed by atoms with van der Waals surface area (Å²) in [4.78, 5) is 15.9. The SMILES string of the molecule is COC(=O)C(C)Oc1ccc(Oc2nc3cc(Cl)ccc3[n+]([O-])n2)cc1. The molecule has 0 aliphatic rings. The number of hydrogen-bond donors (Lipinski definition) is 0. The van der Waals surface area contributed by atoms with Gasteiger partial charge < -0.3 is 19.4 Å². The van der Waals surface area contributed by atoms with Gasteiger partial charge in [-0.1, -0.05) is 11.6 Å². The quantitative estimate of drug-likeness (QED) is 0.384. The molecule has 2 aromatic carbocycles. The molecule has 8 nitrogen and oxygen atoms in total. The van der Waals surface area contributed by atoms with Crippen molar-refractivity contribution in [2.24, 2.45) is 0 Å². The molecular formula is C17H14ClN3O5. The van der Waals surface area contributed by atoms with E-state index in [0.717, 1.165) is 0 Å². The Morgan fingerprint density at radius 2 is 1.88 bits per heavy atom. The summed E-state index contributed by atoms with van der Waals surface area (Å²) in [5, 5.41) is 16.1. The smallest absolute Gasteiger partial charge is 0.386 e. The number of esters is 1. The zero-order valence-electron chi connectivity index (χ0n) is 13.9. The molecule has 1 atom stereocenters. The highest BCUT2D eigenvalue weighted by atomic mass is 35.5. The second kappa shape index (κ2) is 7.40. The highest BCUT2D eigenvalue weighted by Crippen LogP contribution is 2.23. The van der Waals surface area contributed by atoms with Gasteiger partial charge in [0.25, 0.3) is 5.52 Å². The van der Waals surface area contributed by atoms with Crippen LogP contribution in [0.25, 0.3) is 11.0 Å². The van der Waals surface area contributed by atoms with Gasteiger partial charge in [0.15, 0.2) is 6.10 Å². The summed E-state index contributed by atoms with van der Waals surface area (Å²) in [5.41, 5.74) is 0.645. The second-order valence-electron chi connectivity index (χ2n) is 5.26. The first-order valence-corrected chi connectivity index (χ1v) is 7.93. The fourth-order valence-electron chi connectivity index (χ4n) is 2.16. The third kappa shape index (κ3) is 3.92. The van der Waals surface area contributed by atoms with Crippen molar-refractivity contribution in [3.05, 3.63) is 52.7 Å². The van der Waals surface area contributed by atoms with E-state index in [-0.39, 0.29) is 11.5 Å². The van der Waals surface area contributed by atoms with E-state index < -0.39 is 12.1 Å². The largest absolute Gasteiger partial charge is 0.594 e. The summed E-state index contributed by atoms with van der Waals surface area (Å²) < 4.78 is 15.5. The Labute approximate surface area is 153 Å². The standard InChI is InChI=1S/C17H14ClN3O5/c1-10(16(22)24-2)25-12-4-6-13(7-5-12)26-17-19-14-9-11(18)3-8-15(14)21(23)20-17/h3-10H,1-2H3. The predicted molar refractivity (Wildman–Crippen MR) is 92.1 cm³/mol. The molecule has 134 valence electrons. The van der Waals surface area contributed by atoms with Gasteiger partial charge in [0.2, 0.25) is 0 Å². The van der Waals surface area contributed by atoms with Crippen LogP contribution >= 0.6 is 11.6 Å². The predicted octanol–water partition coefficient (Wildman–Crippen LogP) is 2.65. The van der Waals surface area contributed by atoms with Crippen molar-refractivity contribution in [3.8, 4) is 17.5 Å². The Balaban J connectivity index is 1.77. The van der Waals surface area contributed by atoms with E-state index >= 15 is 0 Å². The van der Waals surface area contributed by atoms with Crippen LogP contribution in [0.15, 0.2) is 42.5 Å². The molecule has 0 saturated carbocycles. The normalized spacial score (nSPS) is 11.8. The Bertz CT molecular complexity index is 949. The number of carbonyl (C=O) groups excluding carboxylic acids is 1. The number of aromatic nitrogens is 3. The van der Waals surface area contributed by atoms with Crippen molar-refractivity contribution in [2.75, 3.05) is 7.11 Å². The van der Waals surface area contributed by atoms with Crippen LogP contribution in [-0.4, -0.2) is 29.3 Å². The molecule has 0 aliphatic heterocycles. The molecule has 3 aromatic rings. The van der Waals surface area contributed by atoms with Gasteiger partial charge in [-0.3, -0.25) is 0 Å². The fourth-order valence-corrected chi connectivity index (χ4v) is 2.32. The van der Waals surface area contributed by atoms with Crippen molar-refractivity contribution in [2.45, 2.75) is 13.0 Å². The number of benzene rings is 2. The minimum Gasteiger partial charge on any atom is -0.594 e. The Morgan fingerprint density at radius 3 is 2.58 bits per heavy atom. The second-order valence-corrected chi connectivity index (χ2v) is 5.69. The van der Waals surface area contributed by atoms with Gasteiger partial charge in [-0.2, -0.15) is 4.98 Å². The molecule has 1 unspecified atom stereocenters. The van der Waals surface area contributed by atoms with E-state index in [0.29, 0.717) is 26.9 Å². The monoisotopic (exact) mass is 375 g/mol. The van der Waals surface area contributed by atoms with E-state index in [4.69, 9.17) is 21.1 Å². The minimum absolute atomic E-state index is 0.119. The van der Waals surface area contributed by atoms with Crippen LogP contribution in [0, 0.1) is 5.21 Å². The van der Waals surface area contributed by atoms with E-state index in [1.807, 2.05) is 0 Å². The van der Waals surface area contributed by atoms with Crippen LogP contribution in [0.1, 0.15) is 6.92 Å². The molecular weight excluding hydrogens is 362 g/mol. The Morgan fingerprint density at radius 1 is 1.19 bits per heavy atom. The number of carbonyl (C=O) groups is 1. The van der Waals surface area contributed by atoms with Gasteiger partial charge in [-0.15, -0.1) is 0 Å². The van der Waals surface area contributed by atoms with Gasteiger partial charge in [0, 0.05) is 11.1 Å². The first-order valence-electron chi connectivity index (χ1n) is 7.56. The average Bonchev–Trinajstić information content (AvgIpc) is 2.62. The number of halogens is 1. The van der Waals surface area contributed by atoms with Crippen molar-refractivity contribution >= 4 is 28.6 Å². The van der Waals surface area contributed by atoms with Crippen LogP contribution in [0.3, 0.4) is 0 Å². The summed E-state index contributed by atoms with van der Waals surface area (Å²) in [7, 11) is 1.29. The average molecular weight is 376 g/mol. The van der Waals surface area contributed by atoms with Gasteiger partial charge in [0.1, 0.15) is 17.0 Å². The molecule has 0 fully saturated rings. The zero-order chi connectivity index (χ0) is 18.7. The number of fused-ring (bicyclic) bond motifs is 1. The first kappa shape index (κ1) is 17.7. The summed E-state index contributed by atoms with van der Waals surface area (Å²) in [6.07, 6.45) is -0.736. The molecule has 0 spiro atoms. The zero-order valence-corrected chi connectivity index (χ0v) is 14.6. The summed E-state index contributed by atoms with van der Waals surface area (Å²) in [6, 6.07) is 11.0. The van der Waals surface area contributed by atoms with Crippen molar-refractivity contribution in [1.82, 2.24) is 10.1 Å². The lowest BCUT2D eigenvalue weighted by molar-refractivity contribution is -0.643. The van der Waals surface area contributed by atoms with Crippen LogP contribution in [-0.2, 0) is 9.53 Å². The maximum atomic E-state index is 11.9. The van der Waals surface area contributed by atoms with E-state index in [2.05, 4.69) is 14.8 Å². The molecule has 9 heteroatoms. The molecule has 1 aromatic heterocycles. The molecule has 0 N–H and O–H groups in total. The molecule has 0 aliphatic carbocycles. The van der Waals surface area contributed by atoms with Crippen LogP contribution in [0.2, 0.25) is 5.02 Å². The maximum Gasteiger partial charge on any atom is 0.386 e. The van der Waals surface area contributed by atoms with E-state index in [1.54, 1.807) is 43.3 Å². The van der Waals surface area contributed by atoms with Gasteiger partial charge in [0.05, 0.1) is 12.2 Å². The lowest BCUT2D eigenvalue weighted by atomic mass is 10.3. The third-order valence-corrected chi connectivity index (χ3v) is 3.65. The van der Waals surface area contributed by atoms with Crippen LogP contribution < -0.4 is 14.3 Å². The summed E-state index contributed by atoms with van der Waals surface area (Å²) in [6.45, 7) is 1.58. The van der Waals surface area contributed by atoms with Crippen molar-refractivity contribution in [3.63, 3.8) is 0 Å². The van der Waals surface area contributed by atoms with Crippen LogP contribution in [0.4, 0.5) is 0 Å². The number of hydrogen-bond acceptors (Lipinski definition) is 7.